The van der Waals surface area contributed by atoms with Crippen LogP contribution < -0.4 is 19.9 Å². The highest BCUT2D eigenvalue weighted by molar-refractivity contribution is 6.83. The molecule has 4 unspecified atom stereocenters. The van der Waals surface area contributed by atoms with Crippen molar-refractivity contribution in [3.8, 4) is 0 Å². The fraction of sp³-hybridized carbons (Fsp3) is 0.395. The first-order valence-electron chi connectivity index (χ1n) is 16.2. The highest BCUT2D eigenvalue weighted by Crippen LogP contribution is 2.56. The van der Waals surface area contributed by atoms with Gasteiger partial charge in [-0.25, -0.2) is 4.57 Å². The van der Waals surface area contributed by atoms with E-state index in [9.17, 15) is 0 Å². The van der Waals surface area contributed by atoms with Crippen molar-refractivity contribution >= 4 is 23.8 Å². The van der Waals surface area contributed by atoms with Gasteiger partial charge >= 0.3 is 6.85 Å². The number of benzene rings is 2. The average Bonchev–Trinajstić information content (AvgIpc) is 3.36. The maximum Gasteiger partial charge on any atom is 0.404 e. The Kier molecular flexibility index (Phi) is 7.56. The van der Waals surface area contributed by atoms with E-state index in [0.717, 1.165) is 19.3 Å². The molecule has 6 rings (SSSR count). The summed E-state index contributed by atoms with van der Waals surface area (Å²) in [7, 11) is 2.24. The molecule has 4 atom stereocenters. The zero-order valence-corrected chi connectivity index (χ0v) is 27.4. The van der Waals surface area contributed by atoms with Crippen LogP contribution in [0.25, 0.3) is 0 Å². The van der Waals surface area contributed by atoms with E-state index in [4.69, 9.17) is 0 Å². The summed E-state index contributed by atoms with van der Waals surface area (Å²) in [6.45, 7) is 16.8. The van der Waals surface area contributed by atoms with Gasteiger partial charge in [-0.05, 0) is 80.6 Å². The molecule has 3 aliphatic heterocycles. The molecule has 0 N–H and O–H groups in total. The topological polar surface area (TPSA) is 13.6 Å². The molecule has 222 valence electrons. The summed E-state index contributed by atoms with van der Waals surface area (Å²) >= 11 is 0. The van der Waals surface area contributed by atoms with Gasteiger partial charge in [0.15, 0.2) is 17.3 Å². The third-order valence-electron chi connectivity index (χ3n) is 11.3. The molecule has 0 amide bonds. The van der Waals surface area contributed by atoms with Gasteiger partial charge in [-0.3, -0.25) is 0 Å². The van der Waals surface area contributed by atoms with Gasteiger partial charge in [0.2, 0.25) is 0 Å². The zero-order valence-electron chi connectivity index (χ0n) is 27.4. The number of fused-ring (bicyclic) bond motifs is 3. The first kappa shape index (κ1) is 29.4. The van der Waals surface area contributed by atoms with Gasteiger partial charge < -0.3 is 14.6 Å². The highest BCUT2D eigenvalue weighted by atomic mass is 15.4. The Balaban J connectivity index is 1.51. The largest absolute Gasteiger partial charge is 0.404 e. The van der Waals surface area contributed by atoms with Crippen LogP contribution in [-0.4, -0.2) is 25.0 Å². The number of nitrogens with zero attached hydrogens (tertiary/aromatic N) is 4. The number of hydrogen-bond acceptors (Lipinski definition) is 3. The number of para-hydroxylation sites is 2. The molecule has 0 aliphatic carbocycles. The second kappa shape index (κ2) is 11.1. The van der Waals surface area contributed by atoms with Crippen LogP contribution in [0.4, 0.5) is 11.4 Å². The minimum absolute atomic E-state index is 0.0636. The van der Waals surface area contributed by atoms with Gasteiger partial charge in [0, 0.05) is 50.2 Å². The molecular formula is C38H48BN4+. The van der Waals surface area contributed by atoms with Gasteiger partial charge in [-0.15, -0.1) is 0 Å². The quantitative estimate of drug-likeness (QED) is 0.217. The van der Waals surface area contributed by atoms with Crippen LogP contribution in [0.15, 0.2) is 103 Å². The van der Waals surface area contributed by atoms with Crippen LogP contribution in [0.2, 0.25) is 0 Å². The molecule has 3 aromatic rings. The Morgan fingerprint density at radius 1 is 0.860 bits per heavy atom. The second-order valence-corrected chi connectivity index (χ2v) is 13.2. The van der Waals surface area contributed by atoms with Gasteiger partial charge in [0.05, 0.1) is 5.41 Å². The summed E-state index contributed by atoms with van der Waals surface area (Å²) < 4.78 is 2.66. The van der Waals surface area contributed by atoms with Crippen molar-refractivity contribution in [2.75, 3.05) is 16.8 Å². The molecule has 0 radical (unpaired) electrons. The molecule has 0 saturated carbocycles. The van der Waals surface area contributed by atoms with E-state index in [1.807, 2.05) is 0 Å². The number of pyridine rings is 1. The maximum absolute atomic E-state index is 2.66. The lowest BCUT2D eigenvalue weighted by Gasteiger charge is -2.56. The van der Waals surface area contributed by atoms with Gasteiger partial charge in [-0.2, -0.15) is 0 Å². The van der Waals surface area contributed by atoms with Gasteiger partial charge in [0.25, 0.3) is 0 Å². The van der Waals surface area contributed by atoms with Crippen LogP contribution in [0, 0.1) is 32.1 Å². The van der Waals surface area contributed by atoms with Crippen molar-refractivity contribution < 1.29 is 4.57 Å². The predicted molar refractivity (Wildman–Crippen MR) is 182 cm³/mol. The predicted octanol–water partition coefficient (Wildman–Crippen LogP) is 7.41. The Labute approximate surface area is 260 Å². The lowest BCUT2D eigenvalue weighted by atomic mass is 9.35. The first-order chi connectivity index (χ1) is 20.7. The summed E-state index contributed by atoms with van der Waals surface area (Å²) in [5.74, 6) is 0.405. The molecule has 43 heavy (non-hydrogen) atoms. The zero-order chi connectivity index (χ0) is 30.5. The third-order valence-corrected chi connectivity index (χ3v) is 11.3. The molecule has 4 nitrogen and oxygen atoms in total. The van der Waals surface area contributed by atoms with E-state index in [0.29, 0.717) is 5.92 Å². The Morgan fingerprint density at radius 3 is 2.26 bits per heavy atom. The van der Waals surface area contributed by atoms with Crippen LogP contribution in [-0.2, 0) is 5.54 Å². The molecule has 0 fully saturated rings. The van der Waals surface area contributed by atoms with Crippen molar-refractivity contribution in [2.45, 2.75) is 79.4 Å². The van der Waals surface area contributed by atoms with E-state index in [2.05, 4.69) is 172 Å². The van der Waals surface area contributed by atoms with E-state index < -0.39 is 0 Å². The fourth-order valence-corrected chi connectivity index (χ4v) is 9.03. The summed E-state index contributed by atoms with van der Waals surface area (Å²) in [5, 5.41) is 0. The minimum atomic E-state index is -0.0875. The third kappa shape index (κ3) is 4.30. The number of anilines is 2. The Hall–Kier alpha value is -3.73. The smallest absolute Gasteiger partial charge is 0.378 e. The maximum atomic E-state index is 2.66. The highest BCUT2D eigenvalue weighted by Gasteiger charge is 2.66. The van der Waals surface area contributed by atoms with E-state index >= 15 is 0 Å². The SMILES string of the molecule is CCC1(C(C)CC2N(C)C=CN2c2ccccc2C)C2=CC=CN(c3c(C)cccc3C)B2c2cccc[n+]2C1(C)CC. The van der Waals surface area contributed by atoms with Gasteiger partial charge in [0.1, 0.15) is 6.17 Å². The van der Waals surface area contributed by atoms with Crippen LogP contribution in [0.5, 0.6) is 0 Å². The summed E-state index contributed by atoms with van der Waals surface area (Å²) in [6, 6.07) is 22.3. The lowest BCUT2D eigenvalue weighted by Crippen LogP contribution is -2.82. The van der Waals surface area contributed by atoms with E-state index in [1.54, 1.807) is 5.47 Å². The normalized spacial score (nSPS) is 25.1. The van der Waals surface area contributed by atoms with Crippen LogP contribution >= 0.6 is 0 Å². The molecule has 0 bridgehead atoms. The molecule has 0 saturated heterocycles. The summed E-state index contributed by atoms with van der Waals surface area (Å²) in [4.78, 5) is 7.48. The number of rotatable bonds is 7. The Bertz CT molecular complexity index is 1590. The van der Waals surface area contributed by atoms with E-state index in [1.165, 1.54) is 33.7 Å². The van der Waals surface area contributed by atoms with Crippen molar-refractivity contribution in [2.24, 2.45) is 11.3 Å². The average molecular weight is 572 g/mol. The minimum Gasteiger partial charge on any atom is -0.378 e. The first-order valence-corrected chi connectivity index (χ1v) is 16.2. The molecule has 4 heterocycles. The van der Waals surface area contributed by atoms with Crippen molar-refractivity contribution in [1.29, 1.82) is 0 Å². The fourth-order valence-electron chi connectivity index (χ4n) is 9.03. The standard InChI is InChI=1S/C38H48BN4/c1-9-37(7)38(10-2,31(6)27-35-40(8)25-26-41(35)32-20-12-11-17-28(32)3)33-21-16-24-43(36-29(4)18-15-19-30(36)5)39(33)34-22-13-14-23-42(34)37/h11-26,31,35H,9-10,27H2,1-8H3/q+1. The Morgan fingerprint density at radius 2 is 1.56 bits per heavy atom. The second-order valence-electron chi connectivity index (χ2n) is 13.2. The van der Waals surface area contributed by atoms with Gasteiger partial charge in [-0.1, -0.05) is 74.8 Å². The van der Waals surface area contributed by atoms with Crippen LogP contribution in [0.1, 0.15) is 63.6 Å². The lowest BCUT2D eigenvalue weighted by molar-refractivity contribution is -0.765. The van der Waals surface area contributed by atoms with Crippen molar-refractivity contribution in [3.05, 3.63) is 120 Å². The molecule has 5 heteroatoms. The number of hydrogen-bond donors (Lipinski definition) is 0. The molecule has 0 spiro atoms. The monoisotopic (exact) mass is 571 g/mol. The molecular weight excluding hydrogens is 523 g/mol. The summed E-state index contributed by atoms with van der Waals surface area (Å²) in [6.07, 6.45) is 17.4. The summed E-state index contributed by atoms with van der Waals surface area (Å²) in [5.41, 5.74) is 9.36. The van der Waals surface area contributed by atoms with E-state index in [-0.39, 0.29) is 24.0 Å². The number of allylic oxidation sites excluding steroid dienone is 3. The van der Waals surface area contributed by atoms with Crippen LogP contribution in [0.3, 0.4) is 0 Å². The molecule has 1 aromatic heterocycles. The number of aromatic nitrogens is 1. The van der Waals surface area contributed by atoms with Crippen molar-refractivity contribution in [3.63, 3.8) is 0 Å². The van der Waals surface area contributed by atoms with Crippen molar-refractivity contribution in [1.82, 2.24) is 4.90 Å². The number of aryl methyl sites for hydroxylation is 3. The molecule has 2 aromatic carbocycles. The molecule has 3 aliphatic rings.